The molecule has 0 aliphatic rings. The fourth-order valence-corrected chi connectivity index (χ4v) is 3.84. The van der Waals surface area contributed by atoms with Gasteiger partial charge in [0.2, 0.25) is 5.91 Å². The number of carbonyl (C=O) groups excluding carboxylic acids is 1. The van der Waals surface area contributed by atoms with Crippen LogP contribution in [0.3, 0.4) is 0 Å². The molecule has 3 rings (SSSR count). The van der Waals surface area contributed by atoms with Crippen LogP contribution >= 0.6 is 27.7 Å². The third kappa shape index (κ3) is 5.96. The van der Waals surface area contributed by atoms with Crippen molar-refractivity contribution >= 4 is 39.3 Å². The van der Waals surface area contributed by atoms with Gasteiger partial charge < -0.3 is 10.1 Å². The number of aromatic nitrogens is 3. The Labute approximate surface area is 188 Å². The molecule has 0 aliphatic carbocycles. The molecule has 0 atom stereocenters. The van der Waals surface area contributed by atoms with Gasteiger partial charge in [0.25, 0.3) is 0 Å². The predicted molar refractivity (Wildman–Crippen MR) is 124 cm³/mol. The molecule has 1 heterocycles. The first-order valence-corrected chi connectivity index (χ1v) is 11.3. The molecular formula is C22H23BrN4O2S. The number of nitrogens with one attached hydrogen (secondary N) is 1. The van der Waals surface area contributed by atoms with E-state index in [-0.39, 0.29) is 18.3 Å². The Morgan fingerprint density at radius 1 is 1.23 bits per heavy atom. The molecule has 0 fully saturated rings. The van der Waals surface area contributed by atoms with E-state index in [1.165, 1.54) is 17.3 Å². The number of anilines is 1. The molecule has 0 saturated heterocycles. The van der Waals surface area contributed by atoms with Gasteiger partial charge >= 0.3 is 0 Å². The van der Waals surface area contributed by atoms with Crippen molar-refractivity contribution in [3.8, 4) is 5.75 Å². The molecule has 1 aromatic heterocycles. The number of rotatable bonds is 10. The molecule has 1 amide bonds. The highest BCUT2D eigenvalue weighted by Gasteiger charge is 2.14. The number of amides is 1. The van der Waals surface area contributed by atoms with Crippen molar-refractivity contribution in [2.24, 2.45) is 0 Å². The molecule has 0 spiro atoms. The molecule has 6 nitrogen and oxygen atoms in total. The van der Waals surface area contributed by atoms with Crippen molar-refractivity contribution in [3.63, 3.8) is 0 Å². The van der Waals surface area contributed by atoms with Crippen molar-refractivity contribution in [1.82, 2.24) is 14.8 Å². The molecule has 0 radical (unpaired) electrons. The quantitative estimate of drug-likeness (QED) is 0.318. The van der Waals surface area contributed by atoms with Crippen LogP contribution in [-0.2, 0) is 24.4 Å². The number of carbonyl (C=O) groups is 1. The summed E-state index contributed by atoms with van der Waals surface area (Å²) in [4.78, 5) is 12.3. The third-order valence-corrected chi connectivity index (χ3v) is 5.94. The van der Waals surface area contributed by atoms with Gasteiger partial charge in [-0.05, 0) is 52.2 Å². The van der Waals surface area contributed by atoms with E-state index in [4.69, 9.17) is 4.74 Å². The normalized spacial score (nSPS) is 10.6. The zero-order valence-electron chi connectivity index (χ0n) is 16.7. The Bertz CT molecular complexity index is 1000. The van der Waals surface area contributed by atoms with Gasteiger partial charge in [-0.25, -0.2) is 0 Å². The second-order valence-corrected chi connectivity index (χ2v) is 8.20. The molecule has 3 aromatic rings. The highest BCUT2D eigenvalue weighted by Crippen LogP contribution is 2.23. The molecule has 0 saturated carbocycles. The van der Waals surface area contributed by atoms with E-state index < -0.39 is 0 Å². The van der Waals surface area contributed by atoms with Crippen LogP contribution in [0.1, 0.15) is 18.3 Å². The number of allylic oxidation sites excluding steroid dienone is 1. The fraction of sp³-hybridized carbons (Fsp3) is 0.227. The molecule has 8 heteroatoms. The molecular weight excluding hydrogens is 464 g/mol. The molecule has 0 bridgehead atoms. The van der Waals surface area contributed by atoms with Gasteiger partial charge in [0.05, 0.1) is 11.4 Å². The smallest absolute Gasteiger partial charge is 0.234 e. The largest absolute Gasteiger partial charge is 0.486 e. The van der Waals surface area contributed by atoms with Crippen LogP contribution < -0.4 is 10.1 Å². The summed E-state index contributed by atoms with van der Waals surface area (Å²) in [5, 5.41) is 12.0. The summed E-state index contributed by atoms with van der Waals surface area (Å²) in [5.74, 6) is 1.56. The van der Waals surface area contributed by atoms with Crippen molar-refractivity contribution < 1.29 is 9.53 Å². The molecule has 30 heavy (non-hydrogen) atoms. The monoisotopic (exact) mass is 486 g/mol. The lowest BCUT2D eigenvalue weighted by molar-refractivity contribution is -0.113. The minimum absolute atomic E-state index is 0.117. The summed E-state index contributed by atoms with van der Waals surface area (Å²) < 4.78 is 8.60. The Kier molecular flexibility index (Phi) is 8.10. The minimum Gasteiger partial charge on any atom is -0.486 e. The molecule has 156 valence electrons. The molecule has 0 aliphatic heterocycles. The maximum atomic E-state index is 12.3. The number of benzene rings is 2. The summed E-state index contributed by atoms with van der Waals surface area (Å²) >= 11 is 4.75. The highest BCUT2D eigenvalue weighted by molar-refractivity contribution is 9.10. The van der Waals surface area contributed by atoms with Gasteiger partial charge in [-0.2, -0.15) is 0 Å². The van der Waals surface area contributed by atoms with E-state index in [0.29, 0.717) is 17.5 Å². The second-order valence-electron chi connectivity index (χ2n) is 6.40. The van der Waals surface area contributed by atoms with Crippen LogP contribution in [0.4, 0.5) is 5.69 Å². The molecule has 1 N–H and O–H groups in total. The van der Waals surface area contributed by atoms with Gasteiger partial charge in [-0.1, -0.05) is 49.0 Å². The van der Waals surface area contributed by atoms with E-state index in [2.05, 4.69) is 57.1 Å². The van der Waals surface area contributed by atoms with E-state index >= 15 is 0 Å². The van der Waals surface area contributed by atoms with Crippen LogP contribution in [0, 0.1) is 0 Å². The standard InChI is InChI=1S/C22H23BrN4O2S/c1-3-13-27-20(14-29-17-11-9-16(4-2)10-12-17)25-26-22(27)30-15-21(28)24-19-8-6-5-7-18(19)23/h3,5-12H,1,4,13-15H2,2H3,(H,24,28). The zero-order chi connectivity index (χ0) is 21.3. The number of hydrogen-bond acceptors (Lipinski definition) is 5. The van der Waals surface area contributed by atoms with Crippen LogP contribution in [0.15, 0.2) is 70.8 Å². The Morgan fingerprint density at radius 2 is 2.00 bits per heavy atom. The summed E-state index contributed by atoms with van der Waals surface area (Å²) in [5.41, 5.74) is 2.00. The van der Waals surface area contributed by atoms with Crippen LogP contribution in [0.2, 0.25) is 0 Å². The number of para-hydroxylation sites is 1. The second kappa shape index (κ2) is 11.0. The van der Waals surface area contributed by atoms with Gasteiger partial charge in [0.15, 0.2) is 11.0 Å². The van der Waals surface area contributed by atoms with Gasteiger partial charge in [0.1, 0.15) is 12.4 Å². The zero-order valence-corrected chi connectivity index (χ0v) is 19.1. The Morgan fingerprint density at radius 3 is 2.70 bits per heavy atom. The first-order valence-electron chi connectivity index (χ1n) is 9.52. The first-order chi connectivity index (χ1) is 14.6. The lowest BCUT2D eigenvalue weighted by atomic mass is 10.2. The van der Waals surface area contributed by atoms with E-state index in [9.17, 15) is 4.79 Å². The highest BCUT2D eigenvalue weighted by atomic mass is 79.9. The number of ether oxygens (including phenoxy) is 1. The molecule has 0 unspecified atom stereocenters. The Balaban J connectivity index is 1.61. The lowest BCUT2D eigenvalue weighted by Crippen LogP contribution is -2.15. The lowest BCUT2D eigenvalue weighted by Gasteiger charge is -2.10. The number of nitrogens with zero attached hydrogens (tertiary/aromatic N) is 3. The van der Waals surface area contributed by atoms with E-state index in [1.807, 2.05) is 41.0 Å². The minimum atomic E-state index is -0.117. The van der Waals surface area contributed by atoms with E-state index in [0.717, 1.165) is 22.3 Å². The van der Waals surface area contributed by atoms with Gasteiger partial charge in [0, 0.05) is 11.0 Å². The summed E-state index contributed by atoms with van der Waals surface area (Å²) in [6, 6.07) is 15.5. The van der Waals surface area contributed by atoms with Crippen molar-refractivity contribution in [2.75, 3.05) is 11.1 Å². The predicted octanol–water partition coefficient (Wildman–Crippen LogP) is 5.10. The fourth-order valence-electron chi connectivity index (χ4n) is 2.69. The average Bonchev–Trinajstić information content (AvgIpc) is 3.14. The Hall–Kier alpha value is -2.58. The van der Waals surface area contributed by atoms with Crippen LogP contribution in [0.5, 0.6) is 5.75 Å². The maximum Gasteiger partial charge on any atom is 0.234 e. The summed E-state index contributed by atoms with van der Waals surface area (Å²) in [6.07, 6.45) is 2.76. The topological polar surface area (TPSA) is 69.0 Å². The first kappa shape index (κ1) is 22.1. The van der Waals surface area contributed by atoms with Crippen molar-refractivity contribution in [1.29, 1.82) is 0 Å². The summed E-state index contributed by atoms with van der Waals surface area (Å²) in [6.45, 7) is 6.75. The van der Waals surface area contributed by atoms with Crippen LogP contribution in [-0.4, -0.2) is 26.4 Å². The maximum absolute atomic E-state index is 12.3. The average molecular weight is 487 g/mol. The third-order valence-electron chi connectivity index (χ3n) is 4.28. The van der Waals surface area contributed by atoms with E-state index in [1.54, 1.807) is 6.08 Å². The number of halogens is 1. The van der Waals surface area contributed by atoms with Gasteiger partial charge in [-0.15, -0.1) is 16.8 Å². The van der Waals surface area contributed by atoms with Gasteiger partial charge in [-0.3, -0.25) is 9.36 Å². The summed E-state index contributed by atoms with van der Waals surface area (Å²) in [7, 11) is 0. The van der Waals surface area contributed by atoms with Crippen molar-refractivity contribution in [2.45, 2.75) is 31.7 Å². The molecule has 2 aromatic carbocycles. The van der Waals surface area contributed by atoms with Crippen LogP contribution in [0.25, 0.3) is 0 Å². The number of thioether (sulfide) groups is 1. The number of hydrogen-bond donors (Lipinski definition) is 1. The van der Waals surface area contributed by atoms with Crippen molar-refractivity contribution in [3.05, 3.63) is 77.0 Å². The SMILES string of the molecule is C=CCn1c(COc2ccc(CC)cc2)nnc1SCC(=O)Nc1ccccc1Br. The number of aryl methyl sites for hydroxylation is 1.